The Morgan fingerprint density at radius 1 is 1.50 bits per heavy atom. The number of anilines is 1. The lowest BCUT2D eigenvalue weighted by molar-refractivity contribution is 1.05. The molecule has 0 amide bonds. The molecular formula is C6H6N4. The smallest absolute Gasteiger partial charge is 0.181 e. The van der Waals surface area contributed by atoms with Gasteiger partial charge < -0.3 is 0 Å². The highest BCUT2D eigenvalue weighted by Gasteiger charge is 1.88. The Balaban J connectivity index is 2.81. The lowest BCUT2D eigenvalue weighted by Crippen LogP contribution is -1.91. The SMILES string of the molecule is Cc1ncc(NC#N)cn1. The largest absolute Gasteiger partial charge is 0.290 e. The standard InChI is InChI=1S/C6H6N4/c1-5-8-2-6(3-9-5)10-4-7/h2-3,10H,1H3. The molecule has 0 aliphatic carbocycles. The molecule has 1 aromatic rings. The van der Waals surface area contributed by atoms with Crippen molar-refractivity contribution in [3.63, 3.8) is 0 Å². The highest BCUT2D eigenvalue weighted by Crippen LogP contribution is 1.99. The molecule has 4 heteroatoms. The molecule has 0 bridgehead atoms. The van der Waals surface area contributed by atoms with Crippen LogP contribution in [0.25, 0.3) is 0 Å². The lowest BCUT2D eigenvalue weighted by atomic mass is 10.5. The van der Waals surface area contributed by atoms with Crippen molar-refractivity contribution in [2.45, 2.75) is 6.92 Å². The van der Waals surface area contributed by atoms with E-state index in [1.54, 1.807) is 25.5 Å². The molecule has 0 saturated carbocycles. The third-order valence-corrected chi connectivity index (χ3v) is 0.981. The number of rotatable bonds is 1. The summed E-state index contributed by atoms with van der Waals surface area (Å²) < 4.78 is 0. The second kappa shape index (κ2) is 2.78. The molecule has 1 rings (SSSR count). The minimum Gasteiger partial charge on any atom is -0.290 e. The molecule has 0 aliphatic heterocycles. The first-order valence-corrected chi connectivity index (χ1v) is 2.76. The van der Waals surface area contributed by atoms with Crippen LogP contribution in [0.2, 0.25) is 0 Å². The maximum Gasteiger partial charge on any atom is 0.181 e. The van der Waals surface area contributed by atoms with E-state index in [2.05, 4.69) is 15.3 Å². The Bertz CT molecular complexity index is 245. The zero-order valence-electron chi connectivity index (χ0n) is 5.50. The van der Waals surface area contributed by atoms with E-state index in [-0.39, 0.29) is 0 Å². The summed E-state index contributed by atoms with van der Waals surface area (Å²) in [5, 5.41) is 10.6. The predicted octanol–water partition coefficient (Wildman–Crippen LogP) is 0.678. The average molecular weight is 134 g/mol. The summed E-state index contributed by atoms with van der Waals surface area (Å²) in [6.07, 6.45) is 4.90. The van der Waals surface area contributed by atoms with Crippen LogP contribution in [0.15, 0.2) is 12.4 Å². The van der Waals surface area contributed by atoms with Crippen molar-refractivity contribution in [3.05, 3.63) is 18.2 Å². The minimum atomic E-state index is 0.619. The van der Waals surface area contributed by atoms with Crippen molar-refractivity contribution in [1.29, 1.82) is 5.26 Å². The van der Waals surface area contributed by atoms with Crippen molar-refractivity contribution >= 4 is 5.69 Å². The highest BCUT2D eigenvalue weighted by molar-refractivity contribution is 5.41. The first-order valence-electron chi connectivity index (χ1n) is 2.76. The molecule has 4 nitrogen and oxygen atoms in total. The van der Waals surface area contributed by atoms with E-state index in [9.17, 15) is 0 Å². The number of aromatic nitrogens is 2. The second-order valence-electron chi connectivity index (χ2n) is 1.76. The van der Waals surface area contributed by atoms with Crippen molar-refractivity contribution < 1.29 is 0 Å². The Morgan fingerprint density at radius 2 is 2.10 bits per heavy atom. The van der Waals surface area contributed by atoms with Gasteiger partial charge in [-0.15, -0.1) is 0 Å². The molecule has 0 unspecified atom stereocenters. The minimum absolute atomic E-state index is 0.619. The third-order valence-electron chi connectivity index (χ3n) is 0.981. The van der Waals surface area contributed by atoms with Crippen LogP contribution < -0.4 is 5.32 Å². The van der Waals surface area contributed by atoms with Gasteiger partial charge in [0.25, 0.3) is 0 Å². The van der Waals surface area contributed by atoms with Gasteiger partial charge in [0.15, 0.2) is 6.19 Å². The van der Waals surface area contributed by atoms with E-state index < -0.39 is 0 Å². The van der Waals surface area contributed by atoms with Gasteiger partial charge in [-0.2, -0.15) is 5.26 Å². The quantitative estimate of drug-likeness (QED) is 0.453. The second-order valence-corrected chi connectivity index (χ2v) is 1.76. The van der Waals surface area contributed by atoms with Gasteiger partial charge in [0.1, 0.15) is 5.82 Å². The molecule has 10 heavy (non-hydrogen) atoms. The van der Waals surface area contributed by atoms with Crippen LogP contribution in [0.1, 0.15) is 5.82 Å². The zero-order valence-corrected chi connectivity index (χ0v) is 5.50. The van der Waals surface area contributed by atoms with Crippen LogP contribution in [0, 0.1) is 18.4 Å². The molecule has 1 heterocycles. The topological polar surface area (TPSA) is 61.6 Å². The molecular weight excluding hydrogens is 128 g/mol. The maximum atomic E-state index is 8.17. The molecule has 0 spiro atoms. The number of hydrogen-bond acceptors (Lipinski definition) is 4. The highest BCUT2D eigenvalue weighted by atomic mass is 14.9. The first-order chi connectivity index (χ1) is 4.83. The van der Waals surface area contributed by atoms with Gasteiger partial charge in [0.2, 0.25) is 0 Å². The molecule has 0 saturated heterocycles. The van der Waals surface area contributed by atoms with Gasteiger partial charge in [-0.3, -0.25) is 5.32 Å². The summed E-state index contributed by atoms with van der Waals surface area (Å²) >= 11 is 0. The van der Waals surface area contributed by atoms with Gasteiger partial charge in [-0.1, -0.05) is 0 Å². The summed E-state index contributed by atoms with van der Waals surface area (Å²) in [5.74, 6) is 0.698. The molecule has 0 radical (unpaired) electrons. The van der Waals surface area contributed by atoms with Crippen LogP contribution in [0.3, 0.4) is 0 Å². The Kier molecular flexibility index (Phi) is 1.80. The number of hydrogen-bond donors (Lipinski definition) is 1. The summed E-state index contributed by atoms with van der Waals surface area (Å²) in [5.41, 5.74) is 0.619. The average Bonchev–Trinajstić information content (AvgIpc) is 1.95. The summed E-state index contributed by atoms with van der Waals surface area (Å²) in [7, 11) is 0. The maximum absolute atomic E-state index is 8.17. The molecule has 1 aromatic heterocycles. The number of nitrogens with zero attached hydrogens (tertiary/aromatic N) is 3. The van der Waals surface area contributed by atoms with E-state index in [1.165, 1.54) is 0 Å². The van der Waals surface area contributed by atoms with E-state index in [4.69, 9.17) is 5.26 Å². The molecule has 0 aromatic carbocycles. The predicted molar refractivity (Wildman–Crippen MR) is 36.0 cm³/mol. The fourth-order valence-corrected chi connectivity index (χ4v) is 0.522. The van der Waals surface area contributed by atoms with Crippen LogP contribution in [0.4, 0.5) is 5.69 Å². The molecule has 0 atom stereocenters. The van der Waals surface area contributed by atoms with Crippen molar-refractivity contribution in [3.8, 4) is 6.19 Å². The number of aryl methyl sites for hydroxylation is 1. The fourth-order valence-electron chi connectivity index (χ4n) is 0.522. The van der Waals surface area contributed by atoms with Crippen LogP contribution >= 0.6 is 0 Å². The van der Waals surface area contributed by atoms with Crippen molar-refractivity contribution in [1.82, 2.24) is 9.97 Å². The van der Waals surface area contributed by atoms with Gasteiger partial charge in [0.05, 0.1) is 18.1 Å². The Labute approximate surface area is 58.5 Å². The normalized spacial score (nSPS) is 8.40. The van der Waals surface area contributed by atoms with Gasteiger partial charge in [0, 0.05) is 0 Å². The Hall–Kier alpha value is -1.63. The van der Waals surface area contributed by atoms with Gasteiger partial charge in [-0.05, 0) is 6.92 Å². The van der Waals surface area contributed by atoms with Crippen LogP contribution in [-0.4, -0.2) is 9.97 Å². The molecule has 0 fully saturated rings. The van der Waals surface area contributed by atoms with Gasteiger partial charge >= 0.3 is 0 Å². The fraction of sp³-hybridized carbons (Fsp3) is 0.167. The van der Waals surface area contributed by atoms with Gasteiger partial charge in [-0.25, -0.2) is 9.97 Å². The van der Waals surface area contributed by atoms with Crippen LogP contribution in [-0.2, 0) is 0 Å². The first kappa shape index (κ1) is 6.49. The van der Waals surface area contributed by atoms with Crippen molar-refractivity contribution in [2.75, 3.05) is 5.32 Å². The third kappa shape index (κ3) is 1.42. The van der Waals surface area contributed by atoms with E-state index in [0.29, 0.717) is 11.5 Å². The zero-order chi connectivity index (χ0) is 7.40. The van der Waals surface area contributed by atoms with E-state index in [1.807, 2.05) is 0 Å². The Morgan fingerprint density at radius 3 is 2.60 bits per heavy atom. The number of nitriles is 1. The molecule has 1 N–H and O–H groups in total. The van der Waals surface area contributed by atoms with E-state index >= 15 is 0 Å². The molecule has 0 aliphatic rings. The lowest BCUT2D eigenvalue weighted by Gasteiger charge is -1.93. The summed E-state index contributed by atoms with van der Waals surface area (Å²) in [6, 6.07) is 0. The molecule has 50 valence electrons. The van der Waals surface area contributed by atoms with Crippen molar-refractivity contribution in [2.24, 2.45) is 0 Å². The van der Waals surface area contributed by atoms with Crippen LogP contribution in [0.5, 0.6) is 0 Å². The monoisotopic (exact) mass is 134 g/mol. The van der Waals surface area contributed by atoms with E-state index in [0.717, 1.165) is 0 Å². The number of nitrogens with one attached hydrogen (secondary N) is 1. The summed E-state index contributed by atoms with van der Waals surface area (Å²) in [4.78, 5) is 7.75. The summed E-state index contributed by atoms with van der Waals surface area (Å²) in [6.45, 7) is 1.79.